The van der Waals surface area contributed by atoms with E-state index in [9.17, 15) is 0 Å². The number of halogens is 1. The van der Waals surface area contributed by atoms with Crippen molar-refractivity contribution in [3.63, 3.8) is 0 Å². The fourth-order valence-corrected chi connectivity index (χ4v) is 2.35. The summed E-state index contributed by atoms with van der Waals surface area (Å²) in [5.41, 5.74) is 4.78. The molecule has 0 unspecified atom stereocenters. The Morgan fingerprint density at radius 1 is 1.00 bits per heavy atom. The predicted molar refractivity (Wildman–Crippen MR) is 93.5 cm³/mol. The number of benzene rings is 2. The lowest BCUT2D eigenvalue weighted by molar-refractivity contribution is 0.803. The van der Waals surface area contributed by atoms with E-state index in [1.54, 1.807) is 4.68 Å². The highest BCUT2D eigenvalue weighted by molar-refractivity contribution is 5.91. The van der Waals surface area contributed by atoms with Crippen LogP contribution >= 0.6 is 12.4 Å². The van der Waals surface area contributed by atoms with Gasteiger partial charge in [0, 0.05) is 5.39 Å². The molecule has 0 amide bonds. The van der Waals surface area contributed by atoms with Crippen molar-refractivity contribution in [2.24, 2.45) is 0 Å². The van der Waals surface area contributed by atoms with Gasteiger partial charge in [0.1, 0.15) is 11.4 Å². The summed E-state index contributed by atoms with van der Waals surface area (Å²) in [7, 11) is 0. The van der Waals surface area contributed by atoms with Gasteiger partial charge >= 0.3 is 0 Å². The third kappa shape index (κ3) is 2.94. The third-order valence-electron chi connectivity index (χ3n) is 3.50. The van der Waals surface area contributed by atoms with Crippen molar-refractivity contribution in [1.29, 1.82) is 0 Å². The molecule has 4 rings (SSSR count). The van der Waals surface area contributed by atoms with Gasteiger partial charge in [-0.2, -0.15) is 5.10 Å². The summed E-state index contributed by atoms with van der Waals surface area (Å²) in [4.78, 5) is 0. The summed E-state index contributed by atoms with van der Waals surface area (Å²) in [5.74, 6) is 0. The average molecular weight is 329 g/mol. The first kappa shape index (κ1) is 16.7. The fourth-order valence-electron chi connectivity index (χ4n) is 2.35. The van der Waals surface area contributed by atoms with Crippen LogP contribution in [0.3, 0.4) is 0 Å². The lowest BCUT2D eigenvalue weighted by Gasteiger charge is -1.99. The molecule has 0 fully saturated rings. The van der Waals surface area contributed by atoms with Crippen molar-refractivity contribution in [2.45, 2.75) is 6.92 Å². The summed E-state index contributed by atoms with van der Waals surface area (Å²) in [6.45, 7) is 2.06. The van der Waals surface area contributed by atoms with Crippen LogP contribution in [0.2, 0.25) is 0 Å². The molecule has 7 heteroatoms. The van der Waals surface area contributed by atoms with E-state index in [4.69, 9.17) is 0 Å². The highest BCUT2D eigenvalue weighted by atomic mass is 35.5. The van der Waals surface area contributed by atoms with Crippen LogP contribution in [-0.2, 0) is 0 Å². The Hall–Kier alpha value is -2.70. The SMILES string of the molecule is Cc1ccc(-n2cc(-c3n[nH]c4ccccc34)nn2)cc1.Cl.N. The number of nitrogens with one attached hydrogen (secondary N) is 1. The van der Waals surface area contributed by atoms with E-state index in [2.05, 4.69) is 39.6 Å². The summed E-state index contributed by atoms with van der Waals surface area (Å²) in [5, 5.41) is 16.8. The number of fused-ring (bicyclic) bond motifs is 1. The molecule has 2 heterocycles. The second-order valence-corrected chi connectivity index (χ2v) is 5.00. The third-order valence-corrected chi connectivity index (χ3v) is 3.50. The topological polar surface area (TPSA) is 94.4 Å². The molecule has 0 radical (unpaired) electrons. The highest BCUT2D eigenvalue weighted by Crippen LogP contribution is 2.24. The number of para-hydroxylation sites is 1. The Bertz CT molecular complexity index is 910. The van der Waals surface area contributed by atoms with E-state index in [1.807, 2.05) is 42.6 Å². The quantitative estimate of drug-likeness (QED) is 0.586. The minimum Gasteiger partial charge on any atom is -0.344 e. The Balaban J connectivity index is 0.000000960. The van der Waals surface area contributed by atoms with E-state index >= 15 is 0 Å². The second-order valence-electron chi connectivity index (χ2n) is 5.00. The molecule has 2 aromatic heterocycles. The van der Waals surface area contributed by atoms with Crippen molar-refractivity contribution < 1.29 is 0 Å². The van der Waals surface area contributed by atoms with Gasteiger partial charge in [0.15, 0.2) is 0 Å². The Kier molecular flexibility index (Phi) is 4.78. The van der Waals surface area contributed by atoms with E-state index in [0.717, 1.165) is 28.0 Å². The van der Waals surface area contributed by atoms with Gasteiger partial charge in [-0.15, -0.1) is 17.5 Å². The zero-order valence-electron chi connectivity index (χ0n) is 12.6. The summed E-state index contributed by atoms with van der Waals surface area (Å²) >= 11 is 0. The van der Waals surface area contributed by atoms with Crippen molar-refractivity contribution in [3.8, 4) is 17.1 Å². The number of aromatic nitrogens is 5. The molecule has 0 saturated carbocycles. The number of hydrogen-bond acceptors (Lipinski definition) is 4. The van der Waals surface area contributed by atoms with Crippen molar-refractivity contribution >= 4 is 23.3 Å². The van der Waals surface area contributed by atoms with E-state index in [0.29, 0.717) is 0 Å². The zero-order valence-corrected chi connectivity index (χ0v) is 13.4. The largest absolute Gasteiger partial charge is 0.344 e. The first-order chi connectivity index (χ1) is 10.3. The molecule has 23 heavy (non-hydrogen) atoms. The molecule has 0 aliphatic heterocycles. The van der Waals surface area contributed by atoms with E-state index in [-0.39, 0.29) is 18.6 Å². The number of H-pyrrole nitrogens is 1. The number of aromatic amines is 1. The normalized spacial score (nSPS) is 10.1. The monoisotopic (exact) mass is 328 g/mol. The van der Waals surface area contributed by atoms with Crippen molar-refractivity contribution in [1.82, 2.24) is 31.3 Å². The Morgan fingerprint density at radius 2 is 1.74 bits per heavy atom. The summed E-state index contributed by atoms with van der Waals surface area (Å²) in [6, 6.07) is 16.2. The van der Waals surface area contributed by atoms with Gasteiger partial charge in [0.05, 0.1) is 17.4 Å². The number of rotatable bonds is 2. The Labute approximate surface area is 139 Å². The van der Waals surface area contributed by atoms with Crippen LogP contribution in [0.5, 0.6) is 0 Å². The standard InChI is InChI=1S/C16H13N5.ClH.H3N/c1-11-6-8-12(9-7-11)21-10-15(18-20-21)16-13-4-2-3-5-14(13)17-19-16;;/h2-10H,1H3,(H,17,19);1H;1H3. The number of hydrogen-bond donors (Lipinski definition) is 2. The maximum Gasteiger partial charge on any atom is 0.134 e. The second kappa shape index (κ2) is 6.60. The van der Waals surface area contributed by atoms with Crippen molar-refractivity contribution in [3.05, 3.63) is 60.3 Å². The molecule has 118 valence electrons. The molecule has 0 aliphatic carbocycles. The fraction of sp³-hybridized carbons (Fsp3) is 0.0625. The van der Waals surface area contributed by atoms with Crippen LogP contribution < -0.4 is 6.15 Å². The van der Waals surface area contributed by atoms with Crippen molar-refractivity contribution in [2.75, 3.05) is 0 Å². The van der Waals surface area contributed by atoms with Crippen LogP contribution in [0, 0.1) is 6.92 Å². The molecule has 2 aromatic carbocycles. The first-order valence-electron chi connectivity index (χ1n) is 6.74. The van der Waals surface area contributed by atoms with Gasteiger partial charge in [0.2, 0.25) is 0 Å². The average Bonchev–Trinajstić information content (AvgIpc) is 3.14. The minimum atomic E-state index is 0. The van der Waals surface area contributed by atoms with Crippen LogP contribution in [-0.4, -0.2) is 25.2 Å². The van der Waals surface area contributed by atoms with Gasteiger partial charge in [-0.25, -0.2) is 4.68 Å². The number of aryl methyl sites for hydroxylation is 1. The van der Waals surface area contributed by atoms with Crippen LogP contribution in [0.1, 0.15) is 5.56 Å². The lowest BCUT2D eigenvalue weighted by Crippen LogP contribution is -1.94. The minimum absolute atomic E-state index is 0. The summed E-state index contributed by atoms with van der Waals surface area (Å²) < 4.78 is 1.76. The molecule has 6 nitrogen and oxygen atoms in total. The molecular formula is C16H17ClN6. The van der Waals surface area contributed by atoms with Crippen LogP contribution in [0.25, 0.3) is 28.0 Å². The molecule has 0 atom stereocenters. The summed E-state index contributed by atoms with van der Waals surface area (Å²) in [6.07, 6.45) is 1.90. The van der Waals surface area contributed by atoms with Gasteiger partial charge < -0.3 is 6.15 Å². The highest BCUT2D eigenvalue weighted by Gasteiger charge is 2.11. The molecule has 4 N–H and O–H groups in total. The van der Waals surface area contributed by atoms with Crippen LogP contribution in [0.15, 0.2) is 54.7 Å². The van der Waals surface area contributed by atoms with E-state index < -0.39 is 0 Å². The molecule has 0 spiro atoms. The molecule has 0 bridgehead atoms. The zero-order chi connectivity index (χ0) is 14.2. The first-order valence-corrected chi connectivity index (χ1v) is 6.74. The molecular weight excluding hydrogens is 312 g/mol. The molecule has 4 aromatic rings. The maximum absolute atomic E-state index is 4.35. The van der Waals surface area contributed by atoms with Gasteiger partial charge in [0.25, 0.3) is 0 Å². The lowest BCUT2D eigenvalue weighted by atomic mass is 10.2. The van der Waals surface area contributed by atoms with Gasteiger partial charge in [-0.3, -0.25) is 5.10 Å². The Morgan fingerprint density at radius 3 is 2.52 bits per heavy atom. The van der Waals surface area contributed by atoms with Gasteiger partial charge in [-0.1, -0.05) is 41.1 Å². The molecule has 0 saturated heterocycles. The maximum atomic E-state index is 4.35. The predicted octanol–water partition coefficient (Wildman–Crippen LogP) is 3.70. The number of nitrogens with zero attached hydrogens (tertiary/aromatic N) is 4. The smallest absolute Gasteiger partial charge is 0.134 e. The molecule has 0 aliphatic rings. The van der Waals surface area contributed by atoms with Crippen LogP contribution in [0.4, 0.5) is 0 Å². The van der Waals surface area contributed by atoms with Gasteiger partial charge in [-0.05, 0) is 25.1 Å². The van der Waals surface area contributed by atoms with E-state index in [1.165, 1.54) is 5.56 Å².